The van der Waals surface area contributed by atoms with Crippen LogP contribution in [-0.2, 0) is 11.2 Å². The highest BCUT2D eigenvalue weighted by atomic mass is 16.5. The molecule has 1 aromatic carbocycles. The van der Waals surface area contributed by atoms with E-state index in [1.165, 1.54) is 0 Å². The molecule has 1 rings (SSSR count). The third-order valence-corrected chi connectivity index (χ3v) is 3.38. The van der Waals surface area contributed by atoms with Gasteiger partial charge in [-0.15, -0.1) is 0 Å². The molecule has 4 nitrogen and oxygen atoms in total. The molecule has 0 unspecified atom stereocenters. The number of aryl methyl sites for hydroxylation is 1. The highest BCUT2D eigenvalue weighted by Crippen LogP contribution is 2.19. The van der Waals surface area contributed by atoms with Crippen molar-refractivity contribution in [1.29, 1.82) is 0 Å². The van der Waals surface area contributed by atoms with Crippen LogP contribution in [0.2, 0.25) is 0 Å². The van der Waals surface area contributed by atoms with E-state index in [0.29, 0.717) is 12.8 Å². The highest BCUT2D eigenvalue weighted by molar-refractivity contribution is 5.76. The first-order chi connectivity index (χ1) is 9.69. The van der Waals surface area contributed by atoms with E-state index in [1.54, 1.807) is 12.0 Å². The number of amides is 1. The summed E-state index contributed by atoms with van der Waals surface area (Å²) in [5.41, 5.74) is 1.07. The third kappa shape index (κ3) is 5.61. The van der Waals surface area contributed by atoms with Crippen molar-refractivity contribution < 1.29 is 14.6 Å². The summed E-state index contributed by atoms with van der Waals surface area (Å²) in [5.74, 6) is 0.991. The number of rotatable bonds is 9. The summed E-state index contributed by atoms with van der Waals surface area (Å²) in [7, 11) is 3.48. The van der Waals surface area contributed by atoms with E-state index < -0.39 is 0 Å². The number of nitrogens with zero attached hydrogens (tertiary/aromatic N) is 1. The Kier molecular flexibility index (Phi) is 7.73. The second-order valence-corrected chi connectivity index (χ2v) is 4.91. The van der Waals surface area contributed by atoms with E-state index in [4.69, 9.17) is 9.84 Å². The number of hydrogen-bond donors (Lipinski definition) is 1. The van der Waals surface area contributed by atoms with Crippen molar-refractivity contribution in [3.63, 3.8) is 0 Å². The van der Waals surface area contributed by atoms with Crippen molar-refractivity contribution >= 4 is 5.91 Å². The molecular formula is C16H25NO3. The lowest BCUT2D eigenvalue weighted by Crippen LogP contribution is -2.28. The smallest absolute Gasteiger partial charge is 0.222 e. The molecule has 0 saturated heterocycles. The number of benzene rings is 1. The minimum Gasteiger partial charge on any atom is -0.496 e. The van der Waals surface area contributed by atoms with Gasteiger partial charge in [0.05, 0.1) is 7.11 Å². The molecular weight excluding hydrogens is 254 g/mol. The van der Waals surface area contributed by atoms with Gasteiger partial charge in [0.25, 0.3) is 0 Å². The number of ether oxygens (including phenoxy) is 1. The molecule has 0 spiro atoms. The zero-order valence-electron chi connectivity index (χ0n) is 12.5. The Hall–Kier alpha value is -1.55. The first-order valence-electron chi connectivity index (χ1n) is 7.15. The van der Waals surface area contributed by atoms with Crippen molar-refractivity contribution in [1.82, 2.24) is 4.90 Å². The minimum atomic E-state index is 0.153. The van der Waals surface area contributed by atoms with Crippen LogP contribution in [0.15, 0.2) is 24.3 Å². The molecule has 112 valence electrons. The average molecular weight is 279 g/mol. The third-order valence-electron chi connectivity index (χ3n) is 3.38. The van der Waals surface area contributed by atoms with Crippen molar-refractivity contribution in [2.24, 2.45) is 0 Å². The molecule has 1 amide bonds. The fraction of sp³-hybridized carbons (Fsp3) is 0.562. The first kappa shape index (κ1) is 16.5. The Morgan fingerprint density at radius 1 is 1.25 bits per heavy atom. The fourth-order valence-electron chi connectivity index (χ4n) is 2.10. The maximum Gasteiger partial charge on any atom is 0.222 e. The highest BCUT2D eigenvalue weighted by Gasteiger charge is 2.10. The summed E-state index contributed by atoms with van der Waals surface area (Å²) in [6.45, 7) is 0.982. The van der Waals surface area contributed by atoms with Crippen LogP contribution in [0.4, 0.5) is 0 Å². The number of aliphatic hydroxyl groups excluding tert-OH is 1. The molecule has 0 radical (unpaired) electrons. The molecule has 0 atom stereocenters. The summed E-state index contributed by atoms with van der Waals surface area (Å²) < 4.78 is 5.28. The van der Waals surface area contributed by atoms with Gasteiger partial charge in [0.15, 0.2) is 0 Å². The minimum absolute atomic E-state index is 0.153. The molecule has 0 aliphatic heterocycles. The number of carbonyl (C=O) groups excluding carboxylic acids is 1. The first-order valence-corrected chi connectivity index (χ1v) is 7.15. The fourth-order valence-corrected chi connectivity index (χ4v) is 2.10. The molecule has 4 heteroatoms. The zero-order valence-corrected chi connectivity index (χ0v) is 12.5. The van der Waals surface area contributed by atoms with E-state index in [1.807, 2.05) is 31.3 Å². The number of unbranched alkanes of at least 4 members (excludes halogenated alkanes) is 2. The number of para-hydroxylation sites is 1. The van der Waals surface area contributed by atoms with Crippen LogP contribution < -0.4 is 4.74 Å². The Morgan fingerprint density at radius 2 is 2.00 bits per heavy atom. The van der Waals surface area contributed by atoms with Crippen LogP contribution in [0.1, 0.15) is 31.2 Å². The van der Waals surface area contributed by atoms with Crippen molar-refractivity contribution in [2.45, 2.75) is 32.1 Å². The molecule has 0 heterocycles. The number of aliphatic hydroxyl groups is 1. The van der Waals surface area contributed by atoms with Crippen LogP contribution in [0.3, 0.4) is 0 Å². The Labute approximate surface area is 121 Å². The quantitative estimate of drug-likeness (QED) is 0.705. The van der Waals surface area contributed by atoms with Crippen LogP contribution in [0.5, 0.6) is 5.75 Å². The summed E-state index contributed by atoms with van der Waals surface area (Å²) in [4.78, 5) is 13.8. The summed E-state index contributed by atoms with van der Waals surface area (Å²) in [6, 6.07) is 7.80. The van der Waals surface area contributed by atoms with Gasteiger partial charge in [-0.3, -0.25) is 4.79 Å². The Bertz CT molecular complexity index is 406. The van der Waals surface area contributed by atoms with Crippen molar-refractivity contribution in [3.8, 4) is 5.75 Å². The van der Waals surface area contributed by atoms with Gasteiger partial charge in [0, 0.05) is 26.6 Å². The van der Waals surface area contributed by atoms with E-state index in [9.17, 15) is 4.79 Å². The van der Waals surface area contributed by atoms with Crippen LogP contribution in [0.25, 0.3) is 0 Å². The van der Waals surface area contributed by atoms with Crippen molar-refractivity contribution in [3.05, 3.63) is 29.8 Å². The van der Waals surface area contributed by atoms with Crippen LogP contribution >= 0.6 is 0 Å². The monoisotopic (exact) mass is 279 g/mol. The number of hydrogen-bond acceptors (Lipinski definition) is 3. The van der Waals surface area contributed by atoms with Crippen LogP contribution in [0, 0.1) is 0 Å². The van der Waals surface area contributed by atoms with Gasteiger partial charge in [-0.1, -0.05) is 18.2 Å². The van der Waals surface area contributed by atoms with E-state index in [0.717, 1.165) is 37.1 Å². The maximum atomic E-state index is 12.0. The molecule has 0 aromatic heterocycles. The molecule has 0 saturated carbocycles. The molecule has 0 fully saturated rings. The summed E-state index contributed by atoms with van der Waals surface area (Å²) in [6.07, 6.45) is 3.90. The Morgan fingerprint density at radius 3 is 2.70 bits per heavy atom. The lowest BCUT2D eigenvalue weighted by molar-refractivity contribution is -0.129. The van der Waals surface area contributed by atoms with Crippen LogP contribution in [-0.4, -0.2) is 43.2 Å². The van der Waals surface area contributed by atoms with Gasteiger partial charge in [-0.2, -0.15) is 0 Å². The lowest BCUT2D eigenvalue weighted by Gasteiger charge is -2.17. The van der Waals surface area contributed by atoms with Gasteiger partial charge in [-0.05, 0) is 37.3 Å². The molecule has 0 bridgehead atoms. The van der Waals surface area contributed by atoms with Gasteiger partial charge < -0.3 is 14.7 Å². The predicted octanol–water partition coefficient (Wildman–Crippen LogP) is 2.25. The molecule has 1 N–H and O–H groups in total. The molecule has 20 heavy (non-hydrogen) atoms. The summed E-state index contributed by atoms with van der Waals surface area (Å²) in [5, 5.41) is 8.71. The van der Waals surface area contributed by atoms with Gasteiger partial charge >= 0.3 is 0 Å². The van der Waals surface area contributed by atoms with Gasteiger partial charge in [-0.25, -0.2) is 0 Å². The van der Waals surface area contributed by atoms with E-state index in [2.05, 4.69) is 0 Å². The lowest BCUT2D eigenvalue weighted by atomic mass is 10.1. The van der Waals surface area contributed by atoms with E-state index in [-0.39, 0.29) is 12.5 Å². The predicted molar refractivity (Wildman–Crippen MR) is 79.9 cm³/mol. The molecule has 0 aliphatic carbocycles. The maximum absolute atomic E-state index is 12.0. The second kappa shape index (κ2) is 9.37. The Balaban J connectivity index is 2.34. The summed E-state index contributed by atoms with van der Waals surface area (Å²) >= 11 is 0. The van der Waals surface area contributed by atoms with Gasteiger partial charge in [0.2, 0.25) is 5.91 Å². The van der Waals surface area contributed by atoms with E-state index >= 15 is 0 Å². The zero-order chi connectivity index (χ0) is 14.8. The number of carbonyl (C=O) groups is 1. The van der Waals surface area contributed by atoms with Crippen molar-refractivity contribution in [2.75, 3.05) is 27.3 Å². The SMILES string of the molecule is COc1ccccc1CCC(=O)N(C)CCCCCO. The standard InChI is InChI=1S/C16H25NO3/c1-17(12-6-3-7-13-18)16(19)11-10-14-8-4-5-9-15(14)20-2/h4-5,8-9,18H,3,6-7,10-13H2,1-2H3. The number of methoxy groups -OCH3 is 1. The average Bonchev–Trinajstić information content (AvgIpc) is 2.49. The van der Waals surface area contributed by atoms with Gasteiger partial charge in [0.1, 0.15) is 5.75 Å². The topological polar surface area (TPSA) is 49.8 Å². The largest absolute Gasteiger partial charge is 0.496 e. The molecule has 0 aliphatic rings. The normalized spacial score (nSPS) is 10.3. The molecule has 1 aromatic rings. The second-order valence-electron chi connectivity index (χ2n) is 4.91.